The van der Waals surface area contributed by atoms with Crippen LogP contribution in [0.15, 0.2) is 47.1 Å². The molecule has 0 bridgehead atoms. The molecule has 0 heterocycles. The number of hydrogen-bond acceptors (Lipinski definition) is 5. The van der Waals surface area contributed by atoms with Crippen LogP contribution in [0.4, 0.5) is 0 Å². The van der Waals surface area contributed by atoms with E-state index in [2.05, 4.69) is 0 Å². The summed E-state index contributed by atoms with van der Waals surface area (Å²) in [5.41, 5.74) is -0.761. The van der Waals surface area contributed by atoms with E-state index in [-0.39, 0.29) is 11.3 Å². The molecule has 0 amide bonds. The Bertz CT molecular complexity index is 773. The monoisotopic (exact) mass is 340 g/mol. The summed E-state index contributed by atoms with van der Waals surface area (Å²) < 4.78 is 36.5. The van der Waals surface area contributed by atoms with Crippen LogP contribution in [0.3, 0.4) is 0 Å². The summed E-state index contributed by atoms with van der Waals surface area (Å²) in [6.07, 6.45) is 5.40. The van der Waals surface area contributed by atoms with Crippen molar-refractivity contribution in [3.8, 4) is 0 Å². The molecule has 23 heavy (non-hydrogen) atoms. The highest BCUT2D eigenvalue weighted by Crippen LogP contribution is 2.18. The lowest BCUT2D eigenvalue weighted by Crippen LogP contribution is -2.10. The van der Waals surface area contributed by atoms with Gasteiger partial charge in [0.1, 0.15) is 5.76 Å². The first kappa shape index (κ1) is 18.6. The zero-order valence-electron chi connectivity index (χ0n) is 12.5. The second-order valence-corrected chi connectivity index (χ2v) is 5.85. The first-order valence-corrected chi connectivity index (χ1v) is 8.04. The SMILES string of the molecule is CC=CC(=CCC)OC(=O)c1cc(C(=O)O)cc(S(=O)(=O)O)c1. The fourth-order valence-corrected chi connectivity index (χ4v) is 2.22. The third-order valence-corrected chi connectivity index (χ3v) is 3.47. The van der Waals surface area contributed by atoms with Crippen LogP contribution in [0.1, 0.15) is 41.0 Å². The maximum Gasteiger partial charge on any atom is 0.343 e. The fraction of sp³-hybridized carbons (Fsp3) is 0.200. The Kier molecular flexibility index (Phi) is 6.23. The van der Waals surface area contributed by atoms with Crippen LogP contribution in [-0.4, -0.2) is 30.0 Å². The van der Waals surface area contributed by atoms with E-state index in [4.69, 9.17) is 14.4 Å². The number of allylic oxidation sites excluding steroid dienone is 3. The van der Waals surface area contributed by atoms with Crippen molar-refractivity contribution in [2.75, 3.05) is 0 Å². The van der Waals surface area contributed by atoms with E-state index in [1.807, 2.05) is 6.92 Å². The lowest BCUT2D eigenvalue weighted by atomic mass is 10.1. The van der Waals surface area contributed by atoms with Crippen molar-refractivity contribution < 1.29 is 32.4 Å². The van der Waals surface area contributed by atoms with E-state index in [1.165, 1.54) is 6.08 Å². The Morgan fingerprint density at radius 1 is 1.22 bits per heavy atom. The summed E-state index contributed by atoms with van der Waals surface area (Å²) in [7, 11) is -4.66. The lowest BCUT2D eigenvalue weighted by molar-refractivity contribution is 0.0636. The van der Waals surface area contributed by atoms with Gasteiger partial charge in [-0.2, -0.15) is 8.42 Å². The number of carbonyl (C=O) groups excluding carboxylic acids is 1. The molecule has 0 spiro atoms. The van der Waals surface area contributed by atoms with E-state index in [0.717, 1.165) is 18.2 Å². The molecule has 0 fully saturated rings. The van der Waals surface area contributed by atoms with Crippen molar-refractivity contribution in [3.63, 3.8) is 0 Å². The molecule has 8 heteroatoms. The second kappa shape index (κ2) is 7.70. The molecule has 0 atom stereocenters. The number of carboxylic acid groups (broad SMARTS) is 1. The van der Waals surface area contributed by atoms with E-state index in [9.17, 15) is 18.0 Å². The summed E-state index contributed by atoms with van der Waals surface area (Å²) >= 11 is 0. The molecule has 0 saturated carbocycles. The Morgan fingerprint density at radius 3 is 2.30 bits per heavy atom. The topological polar surface area (TPSA) is 118 Å². The van der Waals surface area contributed by atoms with Gasteiger partial charge in [0, 0.05) is 0 Å². The maximum atomic E-state index is 12.1. The van der Waals surface area contributed by atoms with Gasteiger partial charge >= 0.3 is 11.9 Å². The third-order valence-electron chi connectivity index (χ3n) is 2.63. The standard InChI is InChI=1S/C15H16O7S/c1-3-5-12(6-4-2)22-15(18)11-7-10(14(16)17)8-13(9-11)23(19,20)21/h3,5-9H,4H2,1-2H3,(H,16,17)(H,19,20,21). The lowest BCUT2D eigenvalue weighted by Gasteiger charge is -2.07. The molecule has 0 aliphatic carbocycles. The van der Waals surface area contributed by atoms with Gasteiger partial charge in [-0.25, -0.2) is 9.59 Å². The van der Waals surface area contributed by atoms with Crippen molar-refractivity contribution in [1.82, 2.24) is 0 Å². The summed E-state index contributed by atoms with van der Waals surface area (Å²) in [5.74, 6) is -2.13. The smallest absolute Gasteiger partial charge is 0.343 e. The van der Waals surface area contributed by atoms with E-state index >= 15 is 0 Å². The number of rotatable bonds is 6. The van der Waals surface area contributed by atoms with Crippen LogP contribution < -0.4 is 0 Å². The number of carboxylic acids is 1. The quantitative estimate of drug-likeness (QED) is 0.354. The summed E-state index contributed by atoms with van der Waals surface area (Å²) in [5, 5.41) is 8.98. The van der Waals surface area contributed by atoms with Gasteiger partial charge in [0.25, 0.3) is 10.1 Å². The zero-order valence-corrected chi connectivity index (χ0v) is 13.3. The molecular formula is C15H16O7S. The number of aromatic carboxylic acids is 1. The van der Waals surface area contributed by atoms with Gasteiger partial charge < -0.3 is 9.84 Å². The molecule has 1 rings (SSSR count). The van der Waals surface area contributed by atoms with Crippen LogP contribution in [0, 0.1) is 0 Å². The molecule has 0 aromatic heterocycles. The van der Waals surface area contributed by atoms with Gasteiger partial charge in [0.05, 0.1) is 16.0 Å². The minimum absolute atomic E-state index is 0.245. The van der Waals surface area contributed by atoms with Crippen molar-refractivity contribution in [2.45, 2.75) is 25.2 Å². The van der Waals surface area contributed by atoms with Gasteiger partial charge in [-0.1, -0.05) is 13.0 Å². The van der Waals surface area contributed by atoms with Gasteiger partial charge in [0.15, 0.2) is 0 Å². The first-order valence-electron chi connectivity index (χ1n) is 6.60. The Labute approximate surface area is 133 Å². The molecular weight excluding hydrogens is 324 g/mol. The summed E-state index contributed by atoms with van der Waals surface area (Å²) in [6, 6.07) is 2.57. The molecule has 7 nitrogen and oxygen atoms in total. The fourth-order valence-electron chi connectivity index (χ4n) is 1.66. The van der Waals surface area contributed by atoms with E-state index < -0.39 is 32.5 Å². The number of carbonyl (C=O) groups is 2. The number of esters is 1. The Hall–Kier alpha value is -2.45. The predicted octanol–water partition coefficient (Wildman–Crippen LogP) is 2.66. The average Bonchev–Trinajstić information content (AvgIpc) is 2.46. The van der Waals surface area contributed by atoms with Crippen LogP contribution in [0.5, 0.6) is 0 Å². The molecule has 0 unspecified atom stereocenters. The molecule has 124 valence electrons. The zero-order chi connectivity index (χ0) is 17.6. The van der Waals surface area contributed by atoms with Gasteiger partial charge in [-0.05, 0) is 43.7 Å². The minimum Gasteiger partial charge on any atom is -0.478 e. The molecule has 0 aliphatic heterocycles. The highest BCUT2D eigenvalue weighted by atomic mass is 32.2. The molecule has 0 radical (unpaired) electrons. The molecule has 1 aromatic rings. The van der Waals surface area contributed by atoms with Gasteiger partial charge in [0.2, 0.25) is 0 Å². The second-order valence-electron chi connectivity index (χ2n) is 4.43. The molecule has 0 aliphatic rings. The van der Waals surface area contributed by atoms with Crippen molar-refractivity contribution >= 4 is 22.1 Å². The highest BCUT2D eigenvalue weighted by molar-refractivity contribution is 7.85. The maximum absolute atomic E-state index is 12.1. The first-order chi connectivity index (χ1) is 10.7. The van der Waals surface area contributed by atoms with Crippen LogP contribution >= 0.6 is 0 Å². The van der Waals surface area contributed by atoms with E-state index in [0.29, 0.717) is 6.42 Å². The van der Waals surface area contributed by atoms with Crippen molar-refractivity contribution in [2.24, 2.45) is 0 Å². The van der Waals surface area contributed by atoms with Gasteiger partial charge in [-0.15, -0.1) is 0 Å². The Balaban J connectivity index is 3.31. The summed E-state index contributed by atoms with van der Waals surface area (Å²) in [4.78, 5) is 22.4. The van der Waals surface area contributed by atoms with Crippen LogP contribution in [-0.2, 0) is 14.9 Å². The van der Waals surface area contributed by atoms with Crippen molar-refractivity contribution in [1.29, 1.82) is 0 Å². The van der Waals surface area contributed by atoms with Crippen molar-refractivity contribution in [3.05, 3.63) is 53.3 Å². The third kappa shape index (κ3) is 5.35. The molecule has 2 N–H and O–H groups in total. The number of benzene rings is 1. The largest absolute Gasteiger partial charge is 0.478 e. The van der Waals surface area contributed by atoms with Crippen LogP contribution in [0.25, 0.3) is 0 Å². The normalized spacial score (nSPS) is 12.4. The number of ether oxygens (including phenoxy) is 1. The highest BCUT2D eigenvalue weighted by Gasteiger charge is 2.19. The Morgan fingerprint density at radius 2 is 1.83 bits per heavy atom. The van der Waals surface area contributed by atoms with Crippen LogP contribution in [0.2, 0.25) is 0 Å². The van der Waals surface area contributed by atoms with Gasteiger partial charge in [-0.3, -0.25) is 4.55 Å². The molecule has 0 saturated heterocycles. The average molecular weight is 340 g/mol. The molecule has 1 aromatic carbocycles. The predicted molar refractivity (Wildman–Crippen MR) is 81.8 cm³/mol. The van der Waals surface area contributed by atoms with E-state index in [1.54, 1.807) is 19.1 Å². The number of hydrogen-bond donors (Lipinski definition) is 2. The summed E-state index contributed by atoms with van der Waals surface area (Å²) in [6.45, 7) is 3.55. The minimum atomic E-state index is -4.66.